The fourth-order valence-corrected chi connectivity index (χ4v) is 2.76. The Morgan fingerprint density at radius 3 is 2.69 bits per heavy atom. The smallest absolute Gasteiger partial charge is 0.223 e. The predicted molar refractivity (Wildman–Crippen MR) is 97.0 cm³/mol. The first-order valence-electron chi connectivity index (χ1n) is 9.07. The molecule has 1 fully saturated rings. The Balaban J connectivity index is 1.30. The molecule has 26 heavy (non-hydrogen) atoms. The van der Waals surface area contributed by atoms with Gasteiger partial charge >= 0.3 is 0 Å². The third-order valence-electron chi connectivity index (χ3n) is 4.51. The van der Waals surface area contributed by atoms with Gasteiger partial charge in [0.05, 0.1) is 19.4 Å². The third kappa shape index (κ3) is 5.21. The van der Waals surface area contributed by atoms with Crippen LogP contribution < -0.4 is 15.4 Å². The van der Waals surface area contributed by atoms with Crippen molar-refractivity contribution < 1.29 is 19.2 Å². The summed E-state index contributed by atoms with van der Waals surface area (Å²) < 4.78 is 5.14. The van der Waals surface area contributed by atoms with Crippen molar-refractivity contribution in [1.82, 2.24) is 10.6 Å². The van der Waals surface area contributed by atoms with Gasteiger partial charge in [-0.25, -0.2) is 0 Å². The predicted octanol–water partition coefficient (Wildman–Crippen LogP) is 1.61. The number of oxime groups is 1. The van der Waals surface area contributed by atoms with E-state index in [1.807, 2.05) is 24.3 Å². The molecule has 0 radical (unpaired) electrons. The minimum atomic E-state index is -0.148. The van der Waals surface area contributed by atoms with E-state index in [2.05, 4.69) is 15.8 Å². The van der Waals surface area contributed by atoms with Crippen molar-refractivity contribution in [1.29, 1.82) is 0 Å². The summed E-state index contributed by atoms with van der Waals surface area (Å²) in [5.74, 6) is 1.09. The van der Waals surface area contributed by atoms with Crippen LogP contribution in [0.25, 0.3) is 0 Å². The zero-order valence-corrected chi connectivity index (χ0v) is 15.0. The monoisotopic (exact) mass is 359 g/mol. The molecule has 1 atom stereocenters. The number of hydrogen-bond acceptors (Lipinski definition) is 5. The largest absolute Gasteiger partial charge is 0.497 e. The first-order chi connectivity index (χ1) is 12.7. The molecule has 1 aromatic carbocycles. The van der Waals surface area contributed by atoms with Crippen molar-refractivity contribution in [3.05, 3.63) is 29.8 Å². The Kier molecular flexibility index (Phi) is 6.09. The lowest BCUT2D eigenvalue weighted by atomic mass is 10.0. The number of rotatable bonds is 9. The maximum Gasteiger partial charge on any atom is 0.223 e. The van der Waals surface area contributed by atoms with E-state index in [0.29, 0.717) is 32.4 Å². The van der Waals surface area contributed by atoms with Crippen molar-refractivity contribution in [3.63, 3.8) is 0 Å². The SMILES string of the molecule is COc1ccc(C2=NOC(CNC(=O)CCCNC(=O)C3CC3)C2)cc1. The van der Waals surface area contributed by atoms with E-state index in [0.717, 1.165) is 29.9 Å². The number of ether oxygens (including phenoxy) is 1. The van der Waals surface area contributed by atoms with Crippen LogP contribution in [0.3, 0.4) is 0 Å². The Labute approximate surface area is 153 Å². The van der Waals surface area contributed by atoms with Crippen LogP contribution in [0.1, 0.15) is 37.7 Å². The van der Waals surface area contributed by atoms with Gasteiger partial charge in [0.25, 0.3) is 0 Å². The van der Waals surface area contributed by atoms with Gasteiger partial charge in [0, 0.05) is 25.3 Å². The molecule has 2 aliphatic rings. The molecule has 0 bridgehead atoms. The van der Waals surface area contributed by atoms with Gasteiger partial charge in [0.2, 0.25) is 11.8 Å². The average molecular weight is 359 g/mol. The van der Waals surface area contributed by atoms with Crippen LogP contribution in [0.4, 0.5) is 0 Å². The number of nitrogens with zero attached hydrogens (tertiary/aromatic N) is 1. The van der Waals surface area contributed by atoms with Gasteiger partial charge in [-0.2, -0.15) is 0 Å². The van der Waals surface area contributed by atoms with Crippen LogP contribution in [0.15, 0.2) is 29.4 Å². The molecule has 7 heteroatoms. The van der Waals surface area contributed by atoms with E-state index in [1.165, 1.54) is 0 Å². The van der Waals surface area contributed by atoms with Crippen molar-refractivity contribution in [3.8, 4) is 5.75 Å². The zero-order valence-electron chi connectivity index (χ0n) is 15.0. The lowest BCUT2D eigenvalue weighted by molar-refractivity contribution is -0.123. The first-order valence-corrected chi connectivity index (χ1v) is 9.07. The Hall–Kier alpha value is -2.57. The van der Waals surface area contributed by atoms with E-state index in [1.54, 1.807) is 7.11 Å². The second kappa shape index (κ2) is 8.69. The minimum absolute atomic E-state index is 0.0350. The molecule has 2 amide bonds. The van der Waals surface area contributed by atoms with Gasteiger partial charge in [-0.1, -0.05) is 5.16 Å². The molecule has 3 rings (SSSR count). The van der Waals surface area contributed by atoms with Gasteiger partial charge in [0.1, 0.15) is 11.9 Å². The number of hydrogen-bond donors (Lipinski definition) is 2. The summed E-state index contributed by atoms with van der Waals surface area (Å²) >= 11 is 0. The topological polar surface area (TPSA) is 89.0 Å². The molecular weight excluding hydrogens is 334 g/mol. The van der Waals surface area contributed by atoms with Crippen LogP contribution in [-0.2, 0) is 14.4 Å². The number of methoxy groups -OCH3 is 1. The average Bonchev–Trinajstić information content (AvgIpc) is 3.42. The fourth-order valence-electron chi connectivity index (χ4n) is 2.76. The summed E-state index contributed by atoms with van der Waals surface area (Å²) in [6, 6.07) is 7.65. The number of nitrogens with one attached hydrogen (secondary N) is 2. The highest BCUT2D eigenvalue weighted by atomic mass is 16.6. The molecule has 2 N–H and O–H groups in total. The summed E-state index contributed by atoms with van der Waals surface area (Å²) in [7, 11) is 1.63. The highest BCUT2D eigenvalue weighted by Gasteiger charge is 2.29. The van der Waals surface area contributed by atoms with E-state index in [4.69, 9.17) is 9.57 Å². The van der Waals surface area contributed by atoms with Gasteiger partial charge in [-0.15, -0.1) is 0 Å². The molecule has 7 nitrogen and oxygen atoms in total. The van der Waals surface area contributed by atoms with Gasteiger partial charge < -0.3 is 20.2 Å². The van der Waals surface area contributed by atoms with Crippen LogP contribution >= 0.6 is 0 Å². The van der Waals surface area contributed by atoms with Crippen LogP contribution in [0.2, 0.25) is 0 Å². The quantitative estimate of drug-likeness (QED) is 0.656. The first kappa shape index (κ1) is 18.2. The van der Waals surface area contributed by atoms with E-state index < -0.39 is 0 Å². The summed E-state index contributed by atoms with van der Waals surface area (Å²) in [6.45, 7) is 0.976. The highest BCUT2D eigenvalue weighted by molar-refractivity contribution is 6.01. The lowest BCUT2D eigenvalue weighted by Gasteiger charge is -2.10. The summed E-state index contributed by atoms with van der Waals surface area (Å²) in [4.78, 5) is 28.8. The molecule has 1 aromatic rings. The molecule has 1 aliphatic carbocycles. The molecular formula is C19H25N3O4. The number of benzene rings is 1. The van der Waals surface area contributed by atoms with Crippen LogP contribution in [0, 0.1) is 5.92 Å². The number of carbonyl (C=O) groups excluding carboxylic acids is 2. The molecule has 1 saturated carbocycles. The van der Waals surface area contributed by atoms with E-state index in [9.17, 15) is 9.59 Å². The fraction of sp³-hybridized carbons (Fsp3) is 0.526. The van der Waals surface area contributed by atoms with Gasteiger partial charge in [-0.05, 0) is 49.1 Å². The second-order valence-electron chi connectivity index (χ2n) is 6.67. The maximum atomic E-state index is 11.9. The van der Waals surface area contributed by atoms with Crippen molar-refractivity contribution in [2.45, 2.75) is 38.2 Å². The van der Waals surface area contributed by atoms with Crippen molar-refractivity contribution in [2.24, 2.45) is 11.1 Å². The number of carbonyl (C=O) groups is 2. The summed E-state index contributed by atoms with van der Waals surface area (Å²) in [5, 5.41) is 9.84. The third-order valence-corrected chi connectivity index (χ3v) is 4.51. The Morgan fingerprint density at radius 1 is 1.23 bits per heavy atom. The highest BCUT2D eigenvalue weighted by Crippen LogP contribution is 2.28. The van der Waals surface area contributed by atoms with Crippen molar-refractivity contribution in [2.75, 3.05) is 20.2 Å². The molecule has 1 aliphatic heterocycles. The molecule has 1 unspecified atom stereocenters. The number of amides is 2. The van der Waals surface area contributed by atoms with Crippen LogP contribution in [-0.4, -0.2) is 43.8 Å². The van der Waals surface area contributed by atoms with Crippen molar-refractivity contribution >= 4 is 17.5 Å². The lowest BCUT2D eigenvalue weighted by Crippen LogP contribution is -2.33. The maximum absolute atomic E-state index is 11.9. The molecule has 0 aromatic heterocycles. The summed E-state index contributed by atoms with van der Waals surface area (Å²) in [6.07, 6.45) is 3.53. The Morgan fingerprint density at radius 2 is 2.00 bits per heavy atom. The zero-order chi connectivity index (χ0) is 18.4. The minimum Gasteiger partial charge on any atom is -0.497 e. The van der Waals surface area contributed by atoms with Gasteiger partial charge in [-0.3, -0.25) is 9.59 Å². The Bertz CT molecular complexity index is 668. The normalized spacial score (nSPS) is 18.7. The molecule has 1 heterocycles. The second-order valence-corrected chi connectivity index (χ2v) is 6.67. The van der Waals surface area contributed by atoms with Crippen LogP contribution in [0.5, 0.6) is 5.75 Å². The summed E-state index contributed by atoms with van der Waals surface area (Å²) in [5.41, 5.74) is 1.86. The van der Waals surface area contributed by atoms with E-state index >= 15 is 0 Å². The molecule has 140 valence electrons. The van der Waals surface area contributed by atoms with Gasteiger partial charge in [0.15, 0.2) is 0 Å². The molecule has 0 saturated heterocycles. The molecule has 0 spiro atoms. The standard InChI is InChI=1S/C19H25N3O4/c1-25-15-8-6-13(7-9-15)17-11-16(26-22-17)12-21-18(23)3-2-10-20-19(24)14-4-5-14/h6-9,14,16H,2-5,10-12H2,1H3,(H,20,24)(H,21,23). The van der Waals surface area contributed by atoms with E-state index in [-0.39, 0.29) is 23.8 Å².